The summed E-state index contributed by atoms with van der Waals surface area (Å²) in [4.78, 5) is 8.00. The van der Waals surface area contributed by atoms with E-state index in [4.69, 9.17) is 0 Å². The molecule has 0 saturated carbocycles. The predicted molar refractivity (Wildman–Crippen MR) is 17.9 cm³/mol. The van der Waals surface area contributed by atoms with Gasteiger partial charge in [0.1, 0.15) is 6.11 Å². The Kier molecular flexibility index (Phi) is 4.99. The van der Waals surface area contributed by atoms with Gasteiger partial charge in [-0.25, -0.2) is 0 Å². The zero-order chi connectivity index (χ0) is 4.95. The molecule has 0 atom stereocenters. The van der Waals surface area contributed by atoms with E-state index in [0.717, 1.165) is 7.48 Å². The summed E-state index contributed by atoms with van der Waals surface area (Å²) in [6.45, 7) is 0. The Morgan fingerprint density at radius 2 is 2.12 bits per heavy atom. The summed E-state index contributed by atoms with van der Waals surface area (Å²) in [5, 5.41) is 7.56. The predicted octanol–water partition coefficient (Wildman–Crippen LogP) is -3.65. The van der Waals surface area contributed by atoms with Gasteiger partial charge in [0, 0.05) is 5.04 Å². The van der Waals surface area contributed by atoms with Crippen LogP contribution in [0.4, 0.5) is 0 Å². The Bertz CT molecular complexity index is 96.3. The largest absolute Gasteiger partial charge is 1.00 e. The van der Waals surface area contributed by atoms with Gasteiger partial charge < -0.3 is 10.6 Å². The van der Waals surface area contributed by atoms with Crippen LogP contribution in [0, 0.1) is 11.9 Å². The van der Waals surface area contributed by atoms with Gasteiger partial charge >= 0.3 is 18.9 Å². The molecule has 0 aromatic heterocycles. The van der Waals surface area contributed by atoms with Crippen LogP contribution in [0.2, 0.25) is 0 Å². The van der Waals surface area contributed by atoms with Gasteiger partial charge in [0.25, 0.3) is 0 Å². The van der Waals surface area contributed by atoms with E-state index in [-0.39, 0.29) is 18.9 Å². The second-order valence-electron chi connectivity index (χ2n) is 0.680. The monoisotopic (exact) mass is 106 g/mol. The molecule has 1 aliphatic rings. The van der Waals surface area contributed by atoms with Gasteiger partial charge in [0.2, 0.25) is 0 Å². The van der Waals surface area contributed by atoms with Crippen molar-refractivity contribution in [2.75, 3.05) is 0 Å². The zero-order valence-electron chi connectivity index (χ0n) is 4.21. The van der Waals surface area contributed by atoms with Gasteiger partial charge in [-0.05, 0) is 7.48 Å². The maximum absolute atomic E-state index is 4.05. The van der Waals surface area contributed by atoms with Gasteiger partial charge in [0.05, 0.1) is 0 Å². The Hall–Kier alpha value is -0.0977. The van der Waals surface area contributed by atoms with E-state index in [2.05, 4.69) is 31.7 Å². The first-order valence-corrected chi connectivity index (χ1v) is 1.48. The third-order valence-corrected chi connectivity index (χ3v) is 0.309. The smallest absolute Gasteiger partial charge is 0.483 e. The minimum absolute atomic E-state index is 0. The maximum atomic E-state index is 4.05. The minimum Gasteiger partial charge on any atom is -0.483 e. The fourth-order valence-corrected chi connectivity index (χ4v) is 0.139. The van der Waals surface area contributed by atoms with Crippen LogP contribution >= 0.6 is 0 Å². The van der Waals surface area contributed by atoms with Crippen LogP contribution in [0.1, 0.15) is 0 Å². The van der Waals surface area contributed by atoms with E-state index >= 15 is 0 Å². The summed E-state index contributed by atoms with van der Waals surface area (Å²) >= 11 is 0. The molecule has 0 aliphatic carbocycles. The Balaban J connectivity index is 0.000000490. The molecule has 0 saturated heterocycles. The molecule has 8 heavy (non-hydrogen) atoms. The number of hydrogen-bond acceptors (Lipinski definition) is 4. The van der Waals surface area contributed by atoms with Crippen LogP contribution in [0.3, 0.4) is 0 Å². The average Bonchev–Trinajstić information content (AvgIpc) is 1.90. The summed E-state index contributed by atoms with van der Waals surface area (Å²) in [6.07, 6.45) is 2.07. The quantitative estimate of drug-likeness (QED) is 0.181. The van der Waals surface area contributed by atoms with Crippen molar-refractivity contribution in [3.63, 3.8) is 0 Å². The van der Waals surface area contributed by atoms with Crippen molar-refractivity contribution in [1.82, 2.24) is 0 Å². The van der Waals surface area contributed by atoms with Crippen LogP contribution in [0.25, 0.3) is 0 Å². The normalized spacial score (nSPS) is 16.0. The summed E-state index contributed by atoms with van der Waals surface area (Å²) in [5.41, 5.74) is 0. The molecule has 0 N–H and O–H groups in total. The van der Waals surface area contributed by atoms with Gasteiger partial charge in [-0.15, -0.1) is 0 Å². The first-order valence-electron chi connectivity index (χ1n) is 1.48. The summed E-state index contributed by atoms with van der Waals surface area (Å²) in [5.74, 6) is 2.28. The first-order chi connectivity index (χ1) is 3.50. The number of rotatable bonds is 0. The Labute approximate surface area is 58.7 Å². The molecular formula is C2BLiO4. The topological polar surface area (TPSA) is 36.9 Å². The molecule has 1 rings (SSSR count). The summed E-state index contributed by atoms with van der Waals surface area (Å²) in [6, 6.07) is 0. The van der Waals surface area contributed by atoms with E-state index < -0.39 is 0 Å². The van der Waals surface area contributed by atoms with Crippen molar-refractivity contribution >= 4 is 7.48 Å². The molecule has 6 heteroatoms. The third-order valence-electron chi connectivity index (χ3n) is 0.309. The summed E-state index contributed by atoms with van der Waals surface area (Å²) in [7, 11) is 1.09. The van der Waals surface area contributed by atoms with Crippen molar-refractivity contribution in [3.8, 4) is 11.9 Å². The van der Waals surface area contributed by atoms with E-state index in [1.54, 1.807) is 0 Å². The Morgan fingerprint density at radius 3 is 3.00 bits per heavy atom. The molecule has 0 aromatic carbocycles. The standard InChI is InChI=1S/C2BO4.Li/c1-2-4-6-7-5-3-1;/q-1;+1. The van der Waals surface area contributed by atoms with Crippen LogP contribution in [0.5, 0.6) is 0 Å². The molecule has 0 aromatic rings. The van der Waals surface area contributed by atoms with E-state index in [0.29, 0.717) is 0 Å². The van der Waals surface area contributed by atoms with Crippen molar-refractivity contribution < 1.29 is 38.6 Å². The fraction of sp³-hybridized carbons (Fsp3) is 0. The molecule has 1 aliphatic heterocycles. The summed E-state index contributed by atoms with van der Waals surface area (Å²) < 4.78 is 0. The molecule has 1 heterocycles. The fourth-order valence-electron chi connectivity index (χ4n) is 0.139. The van der Waals surface area contributed by atoms with Crippen molar-refractivity contribution in [1.29, 1.82) is 0 Å². The van der Waals surface area contributed by atoms with Crippen LogP contribution in [-0.2, 0) is 19.8 Å². The SMILES string of the molecule is [B-]1C#COOOO1.[Li+]. The van der Waals surface area contributed by atoms with E-state index in [1.807, 2.05) is 0 Å². The van der Waals surface area contributed by atoms with Crippen molar-refractivity contribution in [2.45, 2.75) is 0 Å². The second kappa shape index (κ2) is 5.05. The molecule has 0 bridgehead atoms. The van der Waals surface area contributed by atoms with E-state index in [9.17, 15) is 0 Å². The molecular weight excluding hydrogens is 106 g/mol. The van der Waals surface area contributed by atoms with Gasteiger partial charge in [-0.3, -0.25) is 4.89 Å². The Morgan fingerprint density at radius 1 is 1.25 bits per heavy atom. The third kappa shape index (κ3) is 2.98. The van der Waals surface area contributed by atoms with Gasteiger partial charge in [0.15, 0.2) is 0 Å². The minimum atomic E-state index is 0. The molecule has 0 fully saturated rings. The molecule has 2 radical (unpaired) electrons. The molecule has 0 unspecified atom stereocenters. The molecule has 36 valence electrons. The second-order valence-corrected chi connectivity index (χ2v) is 0.680. The average molecular weight is 106 g/mol. The maximum Gasteiger partial charge on any atom is 1.00 e. The number of hydrogen-bond donors (Lipinski definition) is 0. The zero-order valence-corrected chi connectivity index (χ0v) is 4.21. The van der Waals surface area contributed by atoms with Crippen molar-refractivity contribution in [3.05, 3.63) is 0 Å². The van der Waals surface area contributed by atoms with Crippen LogP contribution in [-0.4, -0.2) is 7.48 Å². The molecule has 0 amide bonds. The van der Waals surface area contributed by atoms with E-state index in [1.165, 1.54) is 0 Å². The molecule has 0 spiro atoms. The van der Waals surface area contributed by atoms with Crippen molar-refractivity contribution in [2.24, 2.45) is 0 Å². The molecule has 4 nitrogen and oxygen atoms in total. The van der Waals surface area contributed by atoms with Gasteiger partial charge in [-0.1, -0.05) is 5.04 Å². The van der Waals surface area contributed by atoms with Crippen LogP contribution < -0.4 is 18.9 Å². The van der Waals surface area contributed by atoms with Gasteiger partial charge in [-0.2, -0.15) is 0 Å². The first kappa shape index (κ1) is 7.90. The van der Waals surface area contributed by atoms with Crippen LogP contribution in [0.15, 0.2) is 0 Å².